The van der Waals surface area contributed by atoms with Crippen LogP contribution >= 0.6 is 0 Å². The number of hydrogen-bond acceptors (Lipinski definition) is 5. The number of sulfonamides is 1. The number of benzene rings is 1. The highest BCUT2D eigenvalue weighted by Crippen LogP contribution is 2.24. The summed E-state index contributed by atoms with van der Waals surface area (Å²) in [6.07, 6.45) is 0. The van der Waals surface area contributed by atoms with Crippen LogP contribution < -0.4 is 5.73 Å². The molecule has 1 aromatic carbocycles. The lowest BCUT2D eigenvalue weighted by Gasteiger charge is -2.25. The molecule has 1 rings (SSSR count). The van der Waals surface area contributed by atoms with Gasteiger partial charge in [-0.05, 0) is 39.0 Å². The summed E-state index contributed by atoms with van der Waals surface area (Å²) in [5.74, 6) is -1.40. The van der Waals surface area contributed by atoms with Gasteiger partial charge in [0, 0.05) is 6.04 Å². The quantitative estimate of drug-likeness (QED) is 0.632. The van der Waals surface area contributed by atoms with Gasteiger partial charge in [0.1, 0.15) is 17.3 Å². The minimum absolute atomic E-state index is 0.0779. The maximum Gasteiger partial charge on any atom is 0.321 e. The highest BCUT2D eigenvalue weighted by atomic mass is 32.2. The minimum Gasteiger partial charge on any atom is -0.465 e. The monoisotopic (exact) mass is 318 g/mol. The largest absolute Gasteiger partial charge is 0.465 e. The number of halogens is 1. The molecular weight excluding hydrogens is 299 g/mol. The van der Waals surface area contributed by atoms with E-state index in [2.05, 4.69) is 0 Å². The number of rotatable bonds is 6. The van der Waals surface area contributed by atoms with Crippen LogP contribution in [0.3, 0.4) is 0 Å². The first kappa shape index (κ1) is 17.4. The van der Waals surface area contributed by atoms with E-state index in [4.69, 9.17) is 10.5 Å². The molecule has 1 aromatic rings. The van der Waals surface area contributed by atoms with Gasteiger partial charge in [-0.2, -0.15) is 4.31 Å². The van der Waals surface area contributed by atoms with E-state index >= 15 is 0 Å². The number of anilines is 1. The van der Waals surface area contributed by atoms with Crippen molar-refractivity contribution in [2.45, 2.75) is 31.7 Å². The minimum atomic E-state index is -4.10. The number of ether oxygens (including phenoxy) is 1. The Kier molecular flexibility index (Phi) is 5.68. The molecule has 21 heavy (non-hydrogen) atoms. The van der Waals surface area contributed by atoms with Crippen LogP contribution in [0.2, 0.25) is 0 Å². The first-order chi connectivity index (χ1) is 9.70. The fraction of sp³-hybridized carbons (Fsp3) is 0.462. The first-order valence-electron chi connectivity index (χ1n) is 6.42. The molecule has 0 radical (unpaired) electrons. The van der Waals surface area contributed by atoms with E-state index in [0.717, 1.165) is 16.4 Å². The van der Waals surface area contributed by atoms with Gasteiger partial charge in [0.05, 0.1) is 12.3 Å². The van der Waals surface area contributed by atoms with Crippen LogP contribution in [-0.2, 0) is 19.6 Å². The second-order valence-electron chi connectivity index (χ2n) is 4.63. The SMILES string of the molecule is CCOC(=O)CN(C(C)C)S(=O)(=O)c1cc(F)ccc1N. The highest BCUT2D eigenvalue weighted by Gasteiger charge is 2.31. The van der Waals surface area contributed by atoms with Crippen molar-refractivity contribution < 1.29 is 22.3 Å². The number of carbonyl (C=O) groups excluding carboxylic acids is 1. The molecule has 0 saturated carbocycles. The molecule has 0 amide bonds. The summed E-state index contributed by atoms with van der Waals surface area (Å²) >= 11 is 0. The predicted octanol–water partition coefficient (Wildman–Crippen LogP) is 1.37. The molecule has 0 spiro atoms. The van der Waals surface area contributed by atoms with E-state index in [1.807, 2.05) is 0 Å². The Balaban J connectivity index is 3.22. The van der Waals surface area contributed by atoms with Gasteiger partial charge in [0.2, 0.25) is 10.0 Å². The molecule has 0 aliphatic carbocycles. The van der Waals surface area contributed by atoms with Crippen molar-refractivity contribution in [3.05, 3.63) is 24.0 Å². The third-order valence-corrected chi connectivity index (χ3v) is 4.81. The molecule has 6 nitrogen and oxygen atoms in total. The van der Waals surface area contributed by atoms with Gasteiger partial charge in [0.15, 0.2) is 0 Å². The molecule has 0 aliphatic rings. The van der Waals surface area contributed by atoms with Crippen LogP contribution in [0.15, 0.2) is 23.1 Å². The predicted molar refractivity (Wildman–Crippen MR) is 76.5 cm³/mol. The van der Waals surface area contributed by atoms with Gasteiger partial charge in [0.25, 0.3) is 0 Å². The maximum atomic E-state index is 13.3. The number of hydrogen-bond donors (Lipinski definition) is 1. The van der Waals surface area contributed by atoms with E-state index in [0.29, 0.717) is 0 Å². The summed E-state index contributed by atoms with van der Waals surface area (Å²) in [5.41, 5.74) is 5.54. The molecule has 0 aliphatic heterocycles. The number of nitrogen functional groups attached to an aromatic ring is 1. The zero-order chi connectivity index (χ0) is 16.2. The summed E-state index contributed by atoms with van der Waals surface area (Å²) in [6, 6.07) is 2.57. The van der Waals surface area contributed by atoms with Crippen molar-refractivity contribution in [2.75, 3.05) is 18.9 Å². The van der Waals surface area contributed by atoms with E-state index < -0.39 is 34.4 Å². The first-order valence-corrected chi connectivity index (χ1v) is 7.86. The Hall–Kier alpha value is -1.67. The summed E-state index contributed by atoms with van der Waals surface area (Å²) in [4.78, 5) is 11.2. The van der Waals surface area contributed by atoms with Crippen molar-refractivity contribution in [2.24, 2.45) is 0 Å². The van der Waals surface area contributed by atoms with Crippen LogP contribution in [0.4, 0.5) is 10.1 Å². The van der Waals surface area contributed by atoms with Crippen molar-refractivity contribution in [1.29, 1.82) is 0 Å². The average molecular weight is 318 g/mol. The normalized spacial score (nSPS) is 11.9. The Labute approximate surface area is 123 Å². The average Bonchev–Trinajstić information content (AvgIpc) is 2.38. The number of esters is 1. The van der Waals surface area contributed by atoms with Crippen LogP contribution in [-0.4, -0.2) is 37.9 Å². The number of carbonyl (C=O) groups is 1. The molecule has 2 N–H and O–H groups in total. The van der Waals surface area contributed by atoms with Crippen LogP contribution in [0.1, 0.15) is 20.8 Å². The molecule has 0 fully saturated rings. The third kappa shape index (κ3) is 4.15. The van der Waals surface area contributed by atoms with Crippen LogP contribution in [0.25, 0.3) is 0 Å². The molecule has 0 unspecified atom stereocenters. The summed E-state index contributed by atoms with van der Waals surface area (Å²) in [5, 5.41) is 0. The van der Waals surface area contributed by atoms with Crippen LogP contribution in [0, 0.1) is 5.82 Å². The zero-order valence-corrected chi connectivity index (χ0v) is 13.0. The molecule has 0 saturated heterocycles. The third-order valence-electron chi connectivity index (χ3n) is 2.73. The summed E-state index contributed by atoms with van der Waals surface area (Å²) < 4.78 is 44.1. The van der Waals surface area contributed by atoms with Crippen molar-refractivity contribution in [3.8, 4) is 0 Å². The van der Waals surface area contributed by atoms with Gasteiger partial charge in [-0.15, -0.1) is 0 Å². The second-order valence-corrected chi connectivity index (χ2v) is 6.49. The van der Waals surface area contributed by atoms with Gasteiger partial charge in [-0.3, -0.25) is 4.79 Å². The van der Waals surface area contributed by atoms with E-state index in [1.165, 1.54) is 6.07 Å². The number of nitrogens with zero attached hydrogens (tertiary/aromatic N) is 1. The molecule has 0 bridgehead atoms. The van der Waals surface area contributed by atoms with Gasteiger partial charge < -0.3 is 10.5 Å². The lowest BCUT2D eigenvalue weighted by atomic mass is 10.3. The van der Waals surface area contributed by atoms with Gasteiger partial charge >= 0.3 is 5.97 Å². The lowest BCUT2D eigenvalue weighted by Crippen LogP contribution is -2.41. The fourth-order valence-electron chi connectivity index (χ4n) is 1.74. The summed E-state index contributed by atoms with van der Waals surface area (Å²) in [7, 11) is -4.10. The Morgan fingerprint density at radius 1 is 1.43 bits per heavy atom. The number of nitrogens with two attached hydrogens (primary N) is 1. The molecular formula is C13H19FN2O4S. The standard InChI is InChI=1S/C13H19FN2O4S/c1-4-20-13(17)8-16(9(2)3)21(18,19)12-7-10(14)5-6-11(12)15/h5-7,9H,4,8,15H2,1-3H3. The van der Waals surface area contributed by atoms with Crippen molar-refractivity contribution in [1.82, 2.24) is 4.31 Å². The van der Waals surface area contributed by atoms with E-state index in [1.54, 1.807) is 20.8 Å². The molecule has 0 atom stereocenters. The van der Waals surface area contributed by atoms with Crippen molar-refractivity contribution in [3.63, 3.8) is 0 Å². The lowest BCUT2D eigenvalue weighted by molar-refractivity contribution is -0.143. The van der Waals surface area contributed by atoms with E-state index in [9.17, 15) is 17.6 Å². The summed E-state index contributed by atoms with van der Waals surface area (Å²) in [6.45, 7) is 4.52. The molecule has 0 aromatic heterocycles. The van der Waals surface area contributed by atoms with Crippen LogP contribution in [0.5, 0.6) is 0 Å². The van der Waals surface area contributed by atoms with E-state index in [-0.39, 0.29) is 17.2 Å². The maximum absolute atomic E-state index is 13.3. The zero-order valence-electron chi connectivity index (χ0n) is 12.2. The van der Waals surface area contributed by atoms with Gasteiger partial charge in [-0.25, -0.2) is 12.8 Å². The fourth-order valence-corrected chi connectivity index (χ4v) is 3.45. The molecule has 8 heteroatoms. The Morgan fingerprint density at radius 2 is 2.05 bits per heavy atom. The second kappa shape index (κ2) is 6.86. The molecule has 0 heterocycles. The van der Waals surface area contributed by atoms with Crippen molar-refractivity contribution >= 4 is 21.7 Å². The highest BCUT2D eigenvalue weighted by molar-refractivity contribution is 7.89. The topological polar surface area (TPSA) is 89.7 Å². The molecule has 118 valence electrons. The Bertz CT molecular complexity index is 617. The van der Waals surface area contributed by atoms with Gasteiger partial charge in [-0.1, -0.05) is 0 Å². The smallest absolute Gasteiger partial charge is 0.321 e. The Morgan fingerprint density at radius 3 is 2.57 bits per heavy atom.